The molecule has 1 saturated carbocycles. The highest BCUT2D eigenvalue weighted by atomic mass is 32.2. The Labute approximate surface area is 192 Å². The molecule has 2 aliphatic rings. The van der Waals surface area contributed by atoms with Crippen LogP contribution in [0, 0.1) is 12.8 Å². The number of hydrogen-bond donors (Lipinski definition) is 0. The summed E-state index contributed by atoms with van der Waals surface area (Å²) >= 11 is 0. The van der Waals surface area contributed by atoms with Gasteiger partial charge in [-0.15, -0.1) is 0 Å². The van der Waals surface area contributed by atoms with Crippen LogP contribution in [0.5, 0.6) is 0 Å². The third-order valence-corrected chi connectivity index (χ3v) is 8.64. The SMILES string of the molecule is Cc1ccc(S(=O)(=O)N2CCC(C(=O)N(Cc3ccc(C(C)C)cc3)C3CC3)CC2)cc1. The zero-order chi connectivity index (χ0) is 22.9. The van der Waals surface area contributed by atoms with Crippen LogP contribution < -0.4 is 0 Å². The molecule has 1 aliphatic heterocycles. The molecule has 5 nitrogen and oxygen atoms in total. The van der Waals surface area contributed by atoms with Crippen LogP contribution in [0.1, 0.15) is 62.1 Å². The molecule has 2 aromatic carbocycles. The van der Waals surface area contributed by atoms with E-state index in [2.05, 4.69) is 38.1 Å². The van der Waals surface area contributed by atoms with Crippen molar-refractivity contribution >= 4 is 15.9 Å². The largest absolute Gasteiger partial charge is 0.335 e. The van der Waals surface area contributed by atoms with E-state index in [-0.39, 0.29) is 11.8 Å². The molecule has 1 aliphatic carbocycles. The lowest BCUT2D eigenvalue weighted by Gasteiger charge is -2.34. The highest BCUT2D eigenvalue weighted by Crippen LogP contribution is 2.33. The first kappa shape index (κ1) is 23.0. The summed E-state index contributed by atoms with van der Waals surface area (Å²) in [5.41, 5.74) is 3.50. The Balaban J connectivity index is 1.39. The third kappa shape index (κ3) is 5.07. The molecule has 0 unspecified atom stereocenters. The molecule has 172 valence electrons. The Morgan fingerprint density at radius 2 is 1.56 bits per heavy atom. The molecule has 1 heterocycles. The summed E-state index contributed by atoms with van der Waals surface area (Å²) < 4.78 is 27.5. The first-order valence-electron chi connectivity index (χ1n) is 11.7. The standard InChI is InChI=1S/C26H34N2O3S/c1-19(2)22-8-6-21(7-9-22)18-28(24-10-11-24)26(29)23-14-16-27(17-15-23)32(30,31)25-12-4-20(3)5-13-25/h4-9,12-13,19,23-24H,10-11,14-18H2,1-3H3. The maximum absolute atomic E-state index is 13.4. The Bertz CT molecular complexity index is 1030. The van der Waals surface area contributed by atoms with Gasteiger partial charge in [-0.1, -0.05) is 55.8 Å². The number of rotatable bonds is 7. The number of carbonyl (C=O) groups is 1. The molecule has 4 rings (SSSR count). The zero-order valence-electron chi connectivity index (χ0n) is 19.3. The average molecular weight is 455 g/mol. The van der Waals surface area contributed by atoms with Crippen LogP contribution in [0.4, 0.5) is 0 Å². The second-order valence-electron chi connectivity index (χ2n) is 9.59. The van der Waals surface area contributed by atoms with Crippen molar-refractivity contribution < 1.29 is 13.2 Å². The predicted octanol–water partition coefficient (Wildman–Crippen LogP) is 4.71. The van der Waals surface area contributed by atoms with Crippen molar-refractivity contribution in [1.82, 2.24) is 9.21 Å². The highest BCUT2D eigenvalue weighted by Gasteiger charge is 2.38. The minimum Gasteiger partial charge on any atom is -0.335 e. The molecule has 0 bridgehead atoms. The Morgan fingerprint density at radius 1 is 0.969 bits per heavy atom. The van der Waals surface area contributed by atoms with Crippen LogP contribution in [0.2, 0.25) is 0 Å². The molecule has 1 saturated heterocycles. The molecule has 2 fully saturated rings. The zero-order valence-corrected chi connectivity index (χ0v) is 20.1. The second kappa shape index (κ2) is 9.36. The first-order chi connectivity index (χ1) is 15.3. The first-order valence-corrected chi connectivity index (χ1v) is 13.2. The van der Waals surface area contributed by atoms with Gasteiger partial charge in [-0.25, -0.2) is 8.42 Å². The molecule has 2 aromatic rings. The van der Waals surface area contributed by atoms with Gasteiger partial charge in [0.05, 0.1) is 4.90 Å². The smallest absolute Gasteiger partial charge is 0.243 e. The van der Waals surface area contributed by atoms with E-state index in [9.17, 15) is 13.2 Å². The predicted molar refractivity (Wildman–Crippen MR) is 127 cm³/mol. The number of amides is 1. The fourth-order valence-electron chi connectivity index (χ4n) is 4.41. The summed E-state index contributed by atoms with van der Waals surface area (Å²) in [6.45, 7) is 7.74. The summed E-state index contributed by atoms with van der Waals surface area (Å²) in [6, 6.07) is 15.9. The lowest BCUT2D eigenvalue weighted by Crippen LogP contribution is -2.44. The van der Waals surface area contributed by atoms with E-state index >= 15 is 0 Å². The van der Waals surface area contributed by atoms with Crippen molar-refractivity contribution in [2.75, 3.05) is 13.1 Å². The molecule has 32 heavy (non-hydrogen) atoms. The normalized spacial score (nSPS) is 18.1. The third-order valence-electron chi connectivity index (χ3n) is 6.73. The van der Waals surface area contributed by atoms with E-state index < -0.39 is 10.0 Å². The van der Waals surface area contributed by atoms with Gasteiger partial charge in [0.1, 0.15) is 0 Å². The Hall–Kier alpha value is -2.18. The number of sulfonamides is 1. The molecule has 0 radical (unpaired) electrons. The molecule has 0 spiro atoms. The highest BCUT2D eigenvalue weighted by molar-refractivity contribution is 7.89. The lowest BCUT2D eigenvalue weighted by molar-refractivity contribution is -0.138. The molecular weight excluding hydrogens is 420 g/mol. The van der Waals surface area contributed by atoms with Gasteiger partial charge >= 0.3 is 0 Å². The molecule has 6 heteroatoms. The Kier molecular flexibility index (Phi) is 6.72. The Morgan fingerprint density at radius 3 is 2.09 bits per heavy atom. The number of nitrogens with zero attached hydrogens (tertiary/aromatic N) is 2. The van der Waals surface area contributed by atoms with Crippen LogP contribution in [0.25, 0.3) is 0 Å². The summed E-state index contributed by atoms with van der Waals surface area (Å²) in [5, 5.41) is 0. The van der Waals surface area contributed by atoms with Crippen molar-refractivity contribution in [3.63, 3.8) is 0 Å². The monoisotopic (exact) mass is 454 g/mol. The quantitative estimate of drug-likeness (QED) is 0.609. The van der Waals surface area contributed by atoms with Crippen molar-refractivity contribution in [2.45, 2.75) is 69.9 Å². The number of piperidine rings is 1. The van der Waals surface area contributed by atoms with Crippen LogP contribution >= 0.6 is 0 Å². The molecule has 0 aromatic heterocycles. The van der Waals surface area contributed by atoms with E-state index in [4.69, 9.17) is 0 Å². The van der Waals surface area contributed by atoms with Crippen molar-refractivity contribution in [2.24, 2.45) is 5.92 Å². The fourth-order valence-corrected chi connectivity index (χ4v) is 5.88. The number of benzene rings is 2. The van der Waals surface area contributed by atoms with Crippen molar-refractivity contribution in [3.05, 3.63) is 65.2 Å². The number of aryl methyl sites for hydroxylation is 1. The van der Waals surface area contributed by atoms with E-state index in [1.165, 1.54) is 9.87 Å². The van der Waals surface area contributed by atoms with Gasteiger partial charge in [-0.05, 0) is 61.8 Å². The molecule has 0 atom stereocenters. The fraction of sp³-hybridized carbons (Fsp3) is 0.500. The van der Waals surface area contributed by atoms with Gasteiger partial charge in [0.25, 0.3) is 0 Å². The minimum absolute atomic E-state index is 0.102. The topological polar surface area (TPSA) is 57.7 Å². The molecule has 0 N–H and O–H groups in total. The maximum atomic E-state index is 13.4. The summed E-state index contributed by atoms with van der Waals surface area (Å²) in [6.07, 6.45) is 3.30. The van der Waals surface area contributed by atoms with Gasteiger partial charge in [-0.3, -0.25) is 4.79 Å². The van der Waals surface area contributed by atoms with E-state index in [0.29, 0.717) is 49.3 Å². The lowest BCUT2D eigenvalue weighted by atomic mass is 9.96. The van der Waals surface area contributed by atoms with Gasteiger partial charge in [-0.2, -0.15) is 4.31 Å². The van der Waals surface area contributed by atoms with E-state index in [0.717, 1.165) is 24.0 Å². The van der Waals surface area contributed by atoms with Gasteiger partial charge in [0.15, 0.2) is 0 Å². The van der Waals surface area contributed by atoms with Gasteiger partial charge in [0, 0.05) is 31.6 Å². The number of hydrogen-bond acceptors (Lipinski definition) is 3. The minimum atomic E-state index is -3.50. The molecular formula is C26H34N2O3S. The van der Waals surface area contributed by atoms with Crippen LogP contribution in [-0.2, 0) is 21.4 Å². The van der Waals surface area contributed by atoms with Gasteiger partial charge in [0.2, 0.25) is 15.9 Å². The summed E-state index contributed by atoms with van der Waals surface area (Å²) in [5.74, 6) is 0.578. The van der Waals surface area contributed by atoms with E-state index in [1.807, 2.05) is 24.0 Å². The van der Waals surface area contributed by atoms with E-state index in [1.54, 1.807) is 12.1 Å². The van der Waals surface area contributed by atoms with Gasteiger partial charge < -0.3 is 4.90 Å². The number of carbonyl (C=O) groups excluding carboxylic acids is 1. The van der Waals surface area contributed by atoms with Crippen LogP contribution in [-0.4, -0.2) is 42.7 Å². The van der Waals surface area contributed by atoms with Crippen molar-refractivity contribution in [1.29, 1.82) is 0 Å². The average Bonchev–Trinajstić information content (AvgIpc) is 3.63. The second-order valence-corrected chi connectivity index (χ2v) is 11.5. The van der Waals surface area contributed by atoms with Crippen molar-refractivity contribution in [3.8, 4) is 0 Å². The maximum Gasteiger partial charge on any atom is 0.243 e. The summed E-state index contributed by atoms with van der Waals surface area (Å²) in [7, 11) is -3.50. The van der Waals surface area contributed by atoms with Crippen LogP contribution in [0.3, 0.4) is 0 Å². The molecule has 1 amide bonds. The van der Waals surface area contributed by atoms with Crippen LogP contribution in [0.15, 0.2) is 53.4 Å². The summed E-state index contributed by atoms with van der Waals surface area (Å²) in [4.78, 5) is 15.8.